The molecule has 0 amide bonds. The van der Waals surface area contributed by atoms with Crippen LogP contribution >= 0.6 is 11.6 Å². The lowest BCUT2D eigenvalue weighted by atomic mass is 10.1. The van der Waals surface area contributed by atoms with E-state index < -0.39 is 0 Å². The maximum atomic E-state index is 5.94. The van der Waals surface area contributed by atoms with E-state index in [9.17, 15) is 0 Å². The van der Waals surface area contributed by atoms with Gasteiger partial charge < -0.3 is 10.1 Å². The summed E-state index contributed by atoms with van der Waals surface area (Å²) < 4.78 is 5.69. The van der Waals surface area contributed by atoms with Gasteiger partial charge in [-0.05, 0) is 25.7 Å². The van der Waals surface area contributed by atoms with Crippen molar-refractivity contribution in [2.24, 2.45) is 0 Å². The third-order valence-corrected chi connectivity index (χ3v) is 3.30. The summed E-state index contributed by atoms with van der Waals surface area (Å²) in [4.78, 5) is 8.53. The zero-order valence-corrected chi connectivity index (χ0v) is 11.5. The molecule has 0 radical (unpaired) electrons. The van der Waals surface area contributed by atoms with Crippen LogP contribution in [0.1, 0.15) is 38.4 Å². The lowest BCUT2D eigenvalue weighted by Gasteiger charge is -2.22. The molecule has 0 aromatic carbocycles. The Kier molecular flexibility index (Phi) is 5.20. The highest BCUT2D eigenvalue weighted by Gasteiger charge is 2.13. The van der Waals surface area contributed by atoms with E-state index in [1.165, 1.54) is 19.3 Å². The van der Waals surface area contributed by atoms with Crippen LogP contribution in [0.3, 0.4) is 0 Å². The summed E-state index contributed by atoms with van der Waals surface area (Å²) in [5.41, 5.74) is 0. The summed E-state index contributed by atoms with van der Waals surface area (Å²) in [5.74, 6) is 1.58. The molecular formula is C13H20ClN3O. The fourth-order valence-electron chi connectivity index (χ4n) is 2.11. The third kappa shape index (κ3) is 4.10. The number of nitrogens with one attached hydrogen (secondary N) is 1. The number of aromatic nitrogens is 2. The first-order valence-corrected chi connectivity index (χ1v) is 7.04. The van der Waals surface area contributed by atoms with Crippen LogP contribution in [0.4, 0.5) is 5.82 Å². The molecule has 1 aliphatic rings. The SMILES string of the molecule is CCc1nc(Cl)cc(NCCC2CCCCO2)n1. The molecule has 1 aromatic rings. The van der Waals surface area contributed by atoms with E-state index in [1.807, 2.05) is 6.92 Å². The van der Waals surface area contributed by atoms with E-state index in [4.69, 9.17) is 16.3 Å². The van der Waals surface area contributed by atoms with Gasteiger partial charge in [-0.3, -0.25) is 0 Å². The third-order valence-electron chi connectivity index (χ3n) is 3.10. The molecule has 1 atom stereocenters. The molecule has 100 valence electrons. The lowest BCUT2D eigenvalue weighted by molar-refractivity contribution is 0.0134. The second kappa shape index (κ2) is 6.90. The van der Waals surface area contributed by atoms with Crippen molar-refractivity contribution in [1.29, 1.82) is 0 Å². The molecule has 0 saturated carbocycles. The normalized spacial score (nSPS) is 19.8. The van der Waals surface area contributed by atoms with Gasteiger partial charge in [0.25, 0.3) is 0 Å². The number of halogens is 1. The molecule has 4 nitrogen and oxygen atoms in total. The van der Waals surface area contributed by atoms with E-state index in [2.05, 4.69) is 15.3 Å². The molecule has 1 saturated heterocycles. The van der Waals surface area contributed by atoms with Gasteiger partial charge in [-0.2, -0.15) is 0 Å². The first kappa shape index (κ1) is 13.6. The summed E-state index contributed by atoms with van der Waals surface area (Å²) >= 11 is 5.94. The highest BCUT2D eigenvalue weighted by atomic mass is 35.5. The first-order chi connectivity index (χ1) is 8.78. The summed E-state index contributed by atoms with van der Waals surface area (Å²) in [5, 5.41) is 3.79. The van der Waals surface area contributed by atoms with Crippen LogP contribution in [-0.2, 0) is 11.2 Å². The summed E-state index contributed by atoms with van der Waals surface area (Å²) in [6.07, 6.45) is 5.86. The fourth-order valence-corrected chi connectivity index (χ4v) is 2.31. The van der Waals surface area contributed by atoms with E-state index in [-0.39, 0.29) is 0 Å². The van der Waals surface area contributed by atoms with Crippen LogP contribution in [0.2, 0.25) is 5.15 Å². The molecule has 1 unspecified atom stereocenters. The van der Waals surface area contributed by atoms with Gasteiger partial charge in [0.1, 0.15) is 16.8 Å². The maximum Gasteiger partial charge on any atom is 0.134 e. The van der Waals surface area contributed by atoms with Crippen LogP contribution in [0.15, 0.2) is 6.07 Å². The molecule has 18 heavy (non-hydrogen) atoms. The van der Waals surface area contributed by atoms with Gasteiger partial charge in [0.15, 0.2) is 0 Å². The number of rotatable bonds is 5. The predicted molar refractivity (Wildman–Crippen MR) is 73.1 cm³/mol. The smallest absolute Gasteiger partial charge is 0.134 e. The zero-order chi connectivity index (χ0) is 12.8. The van der Waals surface area contributed by atoms with Gasteiger partial charge >= 0.3 is 0 Å². The Morgan fingerprint density at radius 1 is 1.44 bits per heavy atom. The standard InChI is InChI=1S/C13H20ClN3O/c1-2-12-16-11(14)9-13(17-12)15-7-6-10-5-3-4-8-18-10/h9-10H,2-8H2,1H3,(H,15,16,17). The first-order valence-electron chi connectivity index (χ1n) is 6.67. The van der Waals surface area contributed by atoms with Crippen LogP contribution in [0.5, 0.6) is 0 Å². The van der Waals surface area contributed by atoms with Crippen molar-refractivity contribution in [2.45, 2.75) is 45.1 Å². The molecule has 1 fully saturated rings. The second-order valence-corrected chi connectivity index (χ2v) is 4.94. The minimum Gasteiger partial charge on any atom is -0.378 e. The van der Waals surface area contributed by atoms with Crippen molar-refractivity contribution in [3.63, 3.8) is 0 Å². The van der Waals surface area contributed by atoms with E-state index in [1.54, 1.807) is 6.07 Å². The summed E-state index contributed by atoms with van der Waals surface area (Å²) in [6.45, 7) is 3.79. The number of hydrogen-bond acceptors (Lipinski definition) is 4. The maximum absolute atomic E-state index is 5.94. The number of hydrogen-bond donors (Lipinski definition) is 1. The molecule has 2 rings (SSSR count). The molecule has 0 bridgehead atoms. The molecule has 1 aliphatic heterocycles. The monoisotopic (exact) mass is 269 g/mol. The Morgan fingerprint density at radius 3 is 3.06 bits per heavy atom. The predicted octanol–water partition coefficient (Wildman–Crippen LogP) is 3.06. The van der Waals surface area contributed by atoms with Gasteiger partial charge in [-0.1, -0.05) is 18.5 Å². The molecule has 1 N–H and O–H groups in total. The largest absolute Gasteiger partial charge is 0.378 e. The number of aryl methyl sites for hydroxylation is 1. The van der Waals surface area contributed by atoms with Gasteiger partial charge in [0, 0.05) is 25.6 Å². The van der Waals surface area contributed by atoms with Crippen LogP contribution in [0.25, 0.3) is 0 Å². The number of nitrogens with zero attached hydrogens (tertiary/aromatic N) is 2. The van der Waals surface area contributed by atoms with Crippen molar-refractivity contribution in [2.75, 3.05) is 18.5 Å². The van der Waals surface area contributed by atoms with Crippen molar-refractivity contribution < 1.29 is 4.74 Å². The summed E-state index contributed by atoms with van der Waals surface area (Å²) in [7, 11) is 0. The molecule has 0 aliphatic carbocycles. The van der Waals surface area contributed by atoms with Gasteiger partial charge in [0.05, 0.1) is 6.10 Å². The zero-order valence-electron chi connectivity index (χ0n) is 10.8. The van der Waals surface area contributed by atoms with Gasteiger partial charge in [-0.15, -0.1) is 0 Å². The Bertz CT molecular complexity index is 380. The molecule has 0 spiro atoms. The highest BCUT2D eigenvalue weighted by molar-refractivity contribution is 6.29. The average molecular weight is 270 g/mol. The number of anilines is 1. The van der Waals surface area contributed by atoms with Crippen LogP contribution < -0.4 is 5.32 Å². The minimum atomic E-state index is 0.397. The highest BCUT2D eigenvalue weighted by Crippen LogP contribution is 2.16. The Labute approximate surface area is 113 Å². The van der Waals surface area contributed by atoms with Crippen molar-refractivity contribution in [3.8, 4) is 0 Å². The average Bonchev–Trinajstić information content (AvgIpc) is 2.39. The molecule has 5 heteroatoms. The summed E-state index contributed by atoms with van der Waals surface area (Å²) in [6, 6.07) is 1.77. The fraction of sp³-hybridized carbons (Fsp3) is 0.692. The molecule has 1 aromatic heterocycles. The lowest BCUT2D eigenvalue weighted by Crippen LogP contribution is -2.22. The van der Waals surface area contributed by atoms with Crippen molar-refractivity contribution in [1.82, 2.24) is 9.97 Å². The van der Waals surface area contributed by atoms with Crippen molar-refractivity contribution in [3.05, 3.63) is 17.0 Å². The van der Waals surface area contributed by atoms with Gasteiger partial charge in [0.2, 0.25) is 0 Å². The van der Waals surface area contributed by atoms with Crippen LogP contribution in [0, 0.1) is 0 Å². The molecular weight excluding hydrogens is 250 g/mol. The Hall–Kier alpha value is -0.870. The Balaban J connectivity index is 1.80. The second-order valence-electron chi connectivity index (χ2n) is 4.55. The van der Waals surface area contributed by atoms with E-state index in [0.29, 0.717) is 11.3 Å². The van der Waals surface area contributed by atoms with E-state index >= 15 is 0 Å². The molecule has 2 heterocycles. The Morgan fingerprint density at radius 2 is 2.33 bits per heavy atom. The topological polar surface area (TPSA) is 47.0 Å². The number of ether oxygens (including phenoxy) is 1. The van der Waals surface area contributed by atoms with Crippen LogP contribution in [-0.4, -0.2) is 29.2 Å². The van der Waals surface area contributed by atoms with Gasteiger partial charge in [-0.25, -0.2) is 9.97 Å². The van der Waals surface area contributed by atoms with E-state index in [0.717, 1.165) is 37.6 Å². The quantitative estimate of drug-likeness (QED) is 0.835. The minimum absolute atomic E-state index is 0.397. The van der Waals surface area contributed by atoms with Crippen molar-refractivity contribution >= 4 is 17.4 Å².